The average Bonchev–Trinajstić information content (AvgIpc) is 3.35. The number of hydrogen-bond donors (Lipinski definition) is 1. The molecule has 0 heterocycles. The average molecular weight is 308 g/mol. The highest BCUT2D eigenvalue weighted by molar-refractivity contribution is 5.59. The van der Waals surface area contributed by atoms with Crippen LogP contribution in [0.1, 0.15) is 37.7 Å². The molecule has 2 atom stereocenters. The summed E-state index contributed by atoms with van der Waals surface area (Å²) in [6.45, 7) is 3.03. The van der Waals surface area contributed by atoms with Gasteiger partial charge in [0.05, 0.1) is 5.69 Å². The van der Waals surface area contributed by atoms with Gasteiger partial charge in [0.15, 0.2) is 0 Å². The van der Waals surface area contributed by atoms with Crippen LogP contribution in [0, 0.1) is 5.92 Å². The summed E-state index contributed by atoms with van der Waals surface area (Å²) in [4.78, 5) is 0. The van der Waals surface area contributed by atoms with E-state index in [1.807, 2.05) is 24.4 Å². The molecule has 0 bridgehead atoms. The first-order chi connectivity index (χ1) is 11.3. The predicted molar refractivity (Wildman–Crippen MR) is 96.1 cm³/mol. The molecule has 3 nitrogen and oxygen atoms in total. The quantitative estimate of drug-likeness (QED) is 0.590. The molecule has 3 heteroatoms. The van der Waals surface area contributed by atoms with Crippen LogP contribution < -0.4 is 5.01 Å². The van der Waals surface area contributed by atoms with E-state index in [1.54, 1.807) is 6.07 Å². The molecule has 23 heavy (non-hydrogen) atoms. The fourth-order valence-corrected chi connectivity index (χ4v) is 3.05. The Balaban J connectivity index is 1.59. The number of benzene rings is 2. The fraction of sp³-hybridized carbons (Fsp3) is 0.350. The molecule has 1 saturated carbocycles. The van der Waals surface area contributed by atoms with Gasteiger partial charge in [0.2, 0.25) is 0 Å². The summed E-state index contributed by atoms with van der Waals surface area (Å²) in [5.74, 6) is 1.65. The van der Waals surface area contributed by atoms with Crippen LogP contribution in [-0.2, 0) is 0 Å². The minimum Gasteiger partial charge on any atom is -0.508 e. The predicted octanol–water partition coefficient (Wildman–Crippen LogP) is 4.79. The number of para-hydroxylation sites is 1. The lowest BCUT2D eigenvalue weighted by molar-refractivity contribution is 0.474. The minimum absolute atomic E-state index is 0.367. The summed E-state index contributed by atoms with van der Waals surface area (Å²) in [7, 11) is 0. The Morgan fingerprint density at radius 3 is 2.74 bits per heavy atom. The standard InChI is InChI=1S/C20H24N2O/c1-2-12-21-22(18-8-4-3-5-9-18)13-11-17-15-20(17)16-7-6-10-19(23)14-16/h3-10,12,14,17,20,23H,2,11,13,15H2,1H3. The van der Waals surface area contributed by atoms with Crippen LogP contribution in [0.25, 0.3) is 0 Å². The van der Waals surface area contributed by atoms with Gasteiger partial charge in [-0.2, -0.15) is 5.10 Å². The van der Waals surface area contributed by atoms with Crippen molar-refractivity contribution in [2.45, 2.75) is 32.1 Å². The third-order valence-corrected chi connectivity index (χ3v) is 4.39. The molecule has 3 rings (SSSR count). The molecule has 0 amide bonds. The Kier molecular flexibility index (Phi) is 4.96. The molecule has 2 aromatic rings. The second-order valence-electron chi connectivity index (χ2n) is 6.15. The van der Waals surface area contributed by atoms with E-state index in [2.05, 4.69) is 47.4 Å². The number of nitrogens with zero attached hydrogens (tertiary/aromatic N) is 2. The number of phenolic OH excluding ortho intramolecular Hbond substituents is 1. The van der Waals surface area contributed by atoms with E-state index < -0.39 is 0 Å². The van der Waals surface area contributed by atoms with E-state index in [0.29, 0.717) is 17.6 Å². The van der Waals surface area contributed by atoms with Gasteiger partial charge in [0, 0.05) is 12.8 Å². The maximum atomic E-state index is 9.61. The molecule has 2 unspecified atom stereocenters. The third kappa shape index (κ3) is 4.13. The Labute approximate surface area is 138 Å². The highest BCUT2D eigenvalue weighted by atomic mass is 16.3. The molecular formula is C20H24N2O. The first kappa shape index (κ1) is 15.6. The van der Waals surface area contributed by atoms with Crippen molar-refractivity contribution in [3.63, 3.8) is 0 Å². The topological polar surface area (TPSA) is 35.8 Å². The molecule has 1 aliphatic carbocycles. The van der Waals surface area contributed by atoms with Crippen molar-refractivity contribution in [1.29, 1.82) is 0 Å². The summed E-state index contributed by atoms with van der Waals surface area (Å²) in [5.41, 5.74) is 2.41. The van der Waals surface area contributed by atoms with E-state index in [0.717, 1.165) is 25.1 Å². The number of hydrazone groups is 1. The van der Waals surface area contributed by atoms with E-state index in [4.69, 9.17) is 0 Å². The Bertz CT molecular complexity index is 654. The fourth-order valence-electron chi connectivity index (χ4n) is 3.05. The van der Waals surface area contributed by atoms with Crippen LogP contribution in [0.15, 0.2) is 59.7 Å². The van der Waals surface area contributed by atoms with E-state index in [-0.39, 0.29) is 0 Å². The van der Waals surface area contributed by atoms with Crippen molar-refractivity contribution in [3.05, 3.63) is 60.2 Å². The SMILES string of the molecule is CCC=NN(CCC1CC1c1cccc(O)c1)c1ccccc1. The Morgan fingerprint density at radius 1 is 1.17 bits per heavy atom. The van der Waals surface area contributed by atoms with Crippen molar-refractivity contribution in [3.8, 4) is 5.75 Å². The van der Waals surface area contributed by atoms with Gasteiger partial charge in [0.1, 0.15) is 5.75 Å². The van der Waals surface area contributed by atoms with E-state index >= 15 is 0 Å². The summed E-state index contributed by atoms with van der Waals surface area (Å²) in [6, 6.07) is 18.0. The van der Waals surface area contributed by atoms with Crippen LogP contribution in [0.2, 0.25) is 0 Å². The van der Waals surface area contributed by atoms with Gasteiger partial charge in [-0.1, -0.05) is 37.3 Å². The molecule has 120 valence electrons. The highest BCUT2D eigenvalue weighted by Gasteiger charge is 2.38. The smallest absolute Gasteiger partial charge is 0.115 e. The van der Waals surface area contributed by atoms with Gasteiger partial charge in [0.25, 0.3) is 0 Å². The first-order valence-electron chi connectivity index (χ1n) is 8.42. The van der Waals surface area contributed by atoms with Crippen LogP contribution >= 0.6 is 0 Å². The van der Waals surface area contributed by atoms with Crippen molar-refractivity contribution in [2.24, 2.45) is 11.0 Å². The maximum absolute atomic E-state index is 9.61. The van der Waals surface area contributed by atoms with Gasteiger partial charge in [-0.15, -0.1) is 0 Å². The number of anilines is 1. The second-order valence-corrected chi connectivity index (χ2v) is 6.15. The number of rotatable bonds is 7. The van der Waals surface area contributed by atoms with Gasteiger partial charge in [-0.25, -0.2) is 0 Å². The van der Waals surface area contributed by atoms with Crippen LogP contribution in [0.4, 0.5) is 5.69 Å². The Hall–Kier alpha value is -2.29. The zero-order valence-corrected chi connectivity index (χ0v) is 13.6. The van der Waals surface area contributed by atoms with Crippen molar-refractivity contribution in [2.75, 3.05) is 11.6 Å². The number of phenols is 1. The summed E-state index contributed by atoms with van der Waals surface area (Å²) >= 11 is 0. The zero-order valence-electron chi connectivity index (χ0n) is 13.6. The van der Waals surface area contributed by atoms with Gasteiger partial charge in [-0.3, -0.25) is 5.01 Å². The van der Waals surface area contributed by atoms with Gasteiger partial charge < -0.3 is 5.11 Å². The number of hydrogen-bond acceptors (Lipinski definition) is 3. The Morgan fingerprint density at radius 2 is 2.00 bits per heavy atom. The van der Waals surface area contributed by atoms with Crippen molar-refractivity contribution < 1.29 is 5.11 Å². The second kappa shape index (κ2) is 7.32. The van der Waals surface area contributed by atoms with Crippen molar-refractivity contribution >= 4 is 11.9 Å². The van der Waals surface area contributed by atoms with E-state index in [1.165, 1.54) is 12.0 Å². The van der Waals surface area contributed by atoms with Gasteiger partial charge >= 0.3 is 0 Å². The van der Waals surface area contributed by atoms with Crippen LogP contribution in [0.3, 0.4) is 0 Å². The molecular weight excluding hydrogens is 284 g/mol. The molecule has 0 aliphatic heterocycles. The monoisotopic (exact) mass is 308 g/mol. The molecule has 0 saturated heterocycles. The molecule has 1 aliphatic rings. The third-order valence-electron chi connectivity index (χ3n) is 4.39. The normalized spacial score (nSPS) is 19.9. The lowest BCUT2D eigenvalue weighted by atomic mass is 10.1. The zero-order chi connectivity index (χ0) is 16.1. The minimum atomic E-state index is 0.367. The maximum Gasteiger partial charge on any atom is 0.115 e. The number of aromatic hydroxyl groups is 1. The lowest BCUT2D eigenvalue weighted by Crippen LogP contribution is -2.18. The van der Waals surface area contributed by atoms with E-state index in [9.17, 15) is 5.11 Å². The molecule has 2 aromatic carbocycles. The summed E-state index contributed by atoms with van der Waals surface area (Å²) in [5, 5.41) is 16.3. The molecule has 1 fully saturated rings. The lowest BCUT2D eigenvalue weighted by Gasteiger charge is -2.19. The molecule has 1 N–H and O–H groups in total. The van der Waals surface area contributed by atoms with Crippen LogP contribution in [0.5, 0.6) is 5.75 Å². The summed E-state index contributed by atoms with van der Waals surface area (Å²) < 4.78 is 0. The first-order valence-corrected chi connectivity index (χ1v) is 8.42. The summed E-state index contributed by atoms with van der Waals surface area (Å²) in [6.07, 6.45) is 5.24. The van der Waals surface area contributed by atoms with Crippen LogP contribution in [-0.4, -0.2) is 17.9 Å². The molecule has 0 aromatic heterocycles. The van der Waals surface area contributed by atoms with Crippen molar-refractivity contribution in [1.82, 2.24) is 0 Å². The largest absolute Gasteiger partial charge is 0.508 e. The van der Waals surface area contributed by atoms with Gasteiger partial charge in [-0.05, 0) is 60.9 Å². The highest BCUT2D eigenvalue weighted by Crippen LogP contribution is 2.50. The molecule has 0 radical (unpaired) electrons. The molecule has 0 spiro atoms.